The van der Waals surface area contributed by atoms with E-state index in [1.807, 2.05) is 31.9 Å². The van der Waals surface area contributed by atoms with E-state index in [1.54, 1.807) is 7.11 Å². The molecule has 4 rings (SSSR count). The van der Waals surface area contributed by atoms with Gasteiger partial charge in [-0.05, 0) is 87.9 Å². The van der Waals surface area contributed by atoms with E-state index in [4.69, 9.17) is 19.2 Å². The summed E-state index contributed by atoms with van der Waals surface area (Å²) in [6.45, 7) is 16.5. The predicted molar refractivity (Wildman–Crippen MR) is 155 cm³/mol. The highest BCUT2D eigenvalue weighted by molar-refractivity contribution is 6.76. The van der Waals surface area contributed by atoms with Gasteiger partial charge in [0.2, 0.25) is 0 Å². The van der Waals surface area contributed by atoms with E-state index in [-0.39, 0.29) is 6.09 Å². The normalized spacial score (nSPS) is 18.2. The van der Waals surface area contributed by atoms with E-state index in [9.17, 15) is 4.79 Å². The van der Waals surface area contributed by atoms with Gasteiger partial charge in [-0.2, -0.15) is 0 Å². The molecule has 212 valence electrons. The lowest BCUT2D eigenvalue weighted by molar-refractivity contribution is 0.0184. The second-order valence-electron chi connectivity index (χ2n) is 13.6. The van der Waals surface area contributed by atoms with E-state index in [0.29, 0.717) is 24.5 Å². The summed E-state index contributed by atoms with van der Waals surface area (Å²) in [6, 6.07) is 3.53. The Labute approximate surface area is 230 Å². The second kappa shape index (κ2) is 12.1. The number of rotatable bonds is 11. The number of methoxy groups -OCH3 is 1. The zero-order valence-electron chi connectivity index (χ0n) is 24.7. The van der Waals surface area contributed by atoms with Gasteiger partial charge in [0.1, 0.15) is 18.0 Å². The summed E-state index contributed by atoms with van der Waals surface area (Å²) >= 11 is 0. The van der Waals surface area contributed by atoms with Gasteiger partial charge in [0.05, 0.1) is 6.61 Å². The average Bonchev–Trinajstić information content (AvgIpc) is 3.61. The lowest BCUT2D eigenvalue weighted by Crippen LogP contribution is -2.42. The summed E-state index contributed by atoms with van der Waals surface area (Å²) < 4.78 is 19.6. The summed E-state index contributed by atoms with van der Waals surface area (Å²) in [7, 11) is 0.682. The van der Waals surface area contributed by atoms with Crippen molar-refractivity contribution in [2.75, 3.05) is 33.4 Å². The molecule has 1 saturated carbocycles. The van der Waals surface area contributed by atoms with Crippen molar-refractivity contribution in [2.24, 2.45) is 11.8 Å². The number of hydrogen-bond donors (Lipinski definition) is 0. The van der Waals surface area contributed by atoms with Crippen LogP contribution in [0.2, 0.25) is 25.7 Å². The first-order chi connectivity index (χ1) is 17.9. The zero-order chi connectivity index (χ0) is 27.5. The Morgan fingerprint density at radius 3 is 2.47 bits per heavy atom. The maximum Gasteiger partial charge on any atom is 0.410 e. The smallest absolute Gasteiger partial charge is 0.410 e. The summed E-state index contributed by atoms with van der Waals surface area (Å²) in [4.78, 5) is 19.3. The first-order valence-electron chi connectivity index (χ1n) is 14.5. The molecule has 1 atom stereocenters. The number of likely N-dealkylation sites (tertiary alicyclic amines) is 1. The monoisotopic (exact) mass is 543 g/mol. The number of ether oxygens (including phenoxy) is 3. The summed E-state index contributed by atoms with van der Waals surface area (Å²) in [5.41, 5.74) is 3.19. The van der Waals surface area contributed by atoms with Crippen molar-refractivity contribution in [3.05, 3.63) is 29.6 Å². The molecule has 7 nitrogen and oxygen atoms in total. The molecule has 2 aliphatic rings. The minimum Gasteiger partial charge on any atom is -0.444 e. The molecule has 38 heavy (non-hydrogen) atoms. The molecule has 2 aromatic rings. The van der Waals surface area contributed by atoms with E-state index in [1.165, 1.54) is 29.4 Å². The lowest BCUT2D eigenvalue weighted by atomic mass is 9.89. The van der Waals surface area contributed by atoms with Crippen molar-refractivity contribution in [3.63, 3.8) is 0 Å². The maximum absolute atomic E-state index is 12.5. The van der Waals surface area contributed by atoms with E-state index in [0.717, 1.165) is 57.3 Å². The Kier molecular flexibility index (Phi) is 9.25. The molecule has 1 aliphatic carbocycles. The van der Waals surface area contributed by atoms with Crippen LogP contribution in [0.3, 0.4) is 0 Å². The zero-order valence-corrected chi connectivity index (χ0v) is 25.7. The highest BCUT2D eigenvalue weighted by Gasteiger charge is 2.34. The third-order valence-corrected chi connectivity index (χ3v) is 9.46. The molecular formula is C30H49N3O4Si. The van der Waals surface area contributed by atoms with Crippen LogP contribution in [0.25, 0.3) is 11.0 Å². The second-order valence-corrected chi connectivity index (χ2v) is 19.3. The average molecular weight is 544 g/mol. The first kappa shape index (κ1) is 29.1. The fourth-order valence-corrected chi connectivity index (χ4v) is 6.18. The standard InChI is InChI=1S/C30H49N3O4Si/c1-30(2,3)37-29(34)32-12-10-22(11-13-32)16-23-17-25-26(27(20-35-4)24-8-9-24)19-33(28(25)31-18-23)21-36-14-15-38(5,6)7/h17-19,22,24,27H,8-16,20-21H2,1-7H3. The fraction of sp³-hybridized carbons (Fsp3) is 0.733. The van der Waals surface area contributed by atoms with Crippen LogP contribution in [-0.4, -0.2) is 67.6 Å². The molecule has 1 saturated heterocycles. The topological polar surface area (TPSA) is 65.8 Å². The Morgan fingerprint density at radius 1 is 1.16 bits per heavy atom. The number of nitrogens with zero attached hydrogens (tertiary/aromatic N) is 3. The molecule has 3 heterocycles. The molecule has 8 heteroatoms. The number of hydrogen-bond acceptors (Lipinski definition) is 5. The SMILES string of the molecule is COCC(c1cn(COCC[Si](C)(C)C)c2ncc(CC3CCN(C(=O)OC(C)(C)C)CC3)cc12)C1CC1. The van der Waals surface area contributed by atoms with Crippen LogP contribution < -0.4 is 0 Å². The highest BCUT2D eigenvalue weighted by atomic mass is 28.3. The Bertz CT molecular complexity index is 1080. The van der Waals surface area contributed by atoms with Crippen LogP contribution in [0.15, 0.2) is 18.5 Å². The molecule has 2 aromatic heterocycles. The summed E-state index contributed by atoms with van der Waals surface area (Å²) in [6.07, 6.45) is 9.65. The number of fused-ring (bicyclic) bond motifs is 1. The van der Waals surface area contributed by atoms with Gasteiger partial charge in [-0.25, -0.2) is 9.78 Å². The Hall–Kier alpha value is -1.90. The van der Waals surface area contributed by atoms with Crippen molar-refractivity contribution >= 4 is 25.2 Å². The van der Waals surface area contributed by atoms with Crippen molar-refractivity contribution in [2.45, 2.75) is 96.8 Å². The van der Waals surface area contributed by atoms with Gasteiger partial charge in [-0.3, -0.25) is 0 Å². The Balaban J connectivity index is 1.47. The molecule has 0 N–H and O–H groups in total. The van der Waals surface area contributed by atoms with Gasteiger partial charge in [0, 0.05) is 58.6 Å². The molecule has 0 bridgehead atoms. The molecule has 1 aliphatic heterocycles. The summed E-state index contributed by atoms with van der Waals surface area (Å²) in [5, 5.41) is 1.25. The van der Waals surface area contributed by atoms with Crippen LogP contribution in [0.4, 0.5) is 4.79 Å². The minimum absolute atomic E-state index is 0.193. The number of pyridine rings is 1. The maximum atomic E-state index is 12.5. The van der Waals surface area contributed by atoms with Gasteiger partial charge in [0.15, 0.2) is 0 Å². The first-order valence-corrected chi connectivity index (χ1v) is 18.2. The number of amides is 1. The third-order valence-electron chi connectivity index (χ3n) is 7.76. The molecule has 1 amide bonds. The van der Waals surface area contributed by atoms with E-state index in [2.05, 4.69) is 36.5 Å². The largest absolute Gasteiger partial charge is 0.444 e. The van der Waals surface area contributed by atoms with Gasteiger partial charge in [0.25, 0.3) is 0 Å². The Morgan fingerprint density at radius 2 is 1.87 bits per heavy atom. The van der Waals surface area contributed by atoms with Crippen molar-refractivity contribution in [3.8, 4) is 0 Å². The van der Waals surface area contributed by atoms with Crippen molar-refractivity contribution in [1.29, 1.82) is 0 Å². The van der Waals surface area contributed by atoms with Gasteiger partial charge in [-0.15, -0.1) is 0 Å². The minimum atomic E-state index is -1.12. The number of carbonyl (C=O) groups excluding carboxylic acids is 1. The highest BCUT2D eigenvalue weighted by Crippen LogP contribution is 2.45. The van der Waals surface area contributed by atoms with Crippen LogP contribution in [0, 0.1) is 11.8 Å². The van der Waals surface area contributed by atoms with E-state index >= 15 is 0 Å². The quantitative estimate of drug-likeness (QED) is 0.234. The van der Waals surface area contributed by atoms with Crippen LogP contribution in [0.1, 0.15) is 63.5 Å². The van der Waals surface area contributed by atoms with Gasteiger partial charge >= 0.3 is 6.09 Å². The van der Waals surface area contributed by atoms with Crippen molar-refractivity contribution < 1.29 is 19.0 Å². The van der Waals surface area contributed by atoms with Gasteiger partial charge < -0.3 is 23.7 Å². The lowest BCUT2D eigenvalue weighted by Gasteiger charge is -2.33. The van der Waals surface area contributed by atoms with Gasteiger partial charge in [-0.1, -0.05) is 19.6 Å². The molecule has 0 spiro atoms. The fourth-order valence-electron chi connectivity index (χ4n) is 5.42. The number of carbonyl (C=O) groups is 1. The van der Waals surface area contributed by atoms with Crippen LogP contribution >= 0.6 is 0 Å². The van der Waals surface area contributed by atoms with Crippen molar-refractivity contribution in [1.82, 2.24) is 14.5 Å². The van der Waals surface area contributed by atoms with Crippen LogP contribution in [0.5, 0.6) is 0 Å². The molecular weight excluding hydrogens is 494 g/mol. The predicted octanol–water partition coefficient (Wildman–Crippen LogP) is 6.68. The molecule has 1 unspecified atom stereocenters. The van der Waals surface area contributed by atoms with E-state index < -0.39 is 13.7 Å². The molecule has 0 aromatic carbocycles. The van der Waals surface area contributed by atoms with Crippen LogP contribution in [-0.2, 0) is 27.4 Å². The third kappa shape index (κ3) is 8.05. The molecule has 2 fully saturated rings. The summed E-state index contributed by atoms with van der Waals surface area (Å²) in [5.74, 6) is 1.64. The number of piperidine rings is 1. The molecule has 0 radical (unpaired) electrons. The number of aromatic nitrogens is 2.